The molecule has 2 atom stereocenters. The highest BCUT2D eigenvalue weighted by molar-refractivity contribution is 5.84. The van der Waals surface area contributed by atoms with Crippen molar-refractivity contribution in [1.82, 2.24) is 15.3 Å². The summed E-state index contributed by atoms with van der Waals surface area (Å²) in [5, 5.41) is 5.65. The number of carbonyl (C=O) groups is 3. The number of esters is 1. The van der Waals surface area contributed by atoms with Gasteiger partial charge in [-0.05, 0) is 102 Å². The second kappa shape index (κ2) is 13.3. The Morgan fingerprint density at radius 2 is 1.82 bits per heavy atom. The van der Waals surface area contributed by atoms with Gasteiger partial charge in [0.1, 0.15) is 29.0 Å². The first-order chi connectivity index (χ1) is 20.7. The van der Waals surface area contributed by atoms with Crippen LogP contribution in [-0.4, -0.2) is 46.1 Å². The standard InChI is InChI=1S/C32H39FN6O5/c1-18-19(2)35-30(36-23-9-7-22(33)8-10-23)38-28(18)39-16-15-21-17-24(11-12-25(21)20(39)3)43-29(41)26(13-14-27(34)40)37-31(42)44-32(4,5)6/h7-12,17,20,26H,13-16H2,1-6H3,(H2,34,40)(H,37,42)(H,35,36,38). The van der Waals surface area contributed by atoms with Gasteiger partial charge in [0.2, 0.25) is 11.9 Å². The fourth-order valence-electron chi connectivity index (χ4n) is 4.95. The van der Waals surface area contributed by atoms with Gasteiger partial charge in [-0.25, -0.2) is 19.0 Å². The fourth-order valence-corrected chi connectivity index (χ4v) is 4.95. The van der Waals surface area contributed by atoms with E-state index in [0.717, 1.165) is 28.2 Å². The van der Waals surface area contributed by atoms with Crippen LogP contribution in [0.3, 0.4) is 0 Å². The zero-order valence-electron chi connectivity index (χ0n) is 25.9. The van der Waals surface area contributed by atoms with E-state index in [1.807, 2.05) is 26.0 Å². The van der Waals surface area contributed by atoms with Gasteiger partial charge in [-0.1, -0.05) is 6.07 Å². The number of anilines is 3. The normalized spacial score (nSPS) is 15.2. The molecule has 2 aromatic carbocycles. The van der Waals surface area contributed by atoms with Crippen LogP contribution in [-0.2, 0) is 20.7 Å². The van der Waals surface area contributed by atoms with Crippen molar-refractivity contribution in [2.75, 3.05) is 16.8 Å². The molecule has 11 nitrogen and oxygen atoms in total. The van der Waals surface area contributed by atoms with Crippen LogP contribution in [0.4, 0.5) is 26.6 Å². The van der Waals surface area contributed by atoms with Gasteiger partial charge in [-0.15, -0.1) is 0 Å². The molecule has 0 fully saturated rings. The molecule has 4 N–H and O–H groups in total. The number of nitrogens with two attached hydrogens (primary N) is 1. The Morgan fingerprint density at radius 3 is 2.48 bits per heavy atom. The molecule has 234 valence electrons. The topological polar surface area (TPSA) is 149 Å². The summed E-state index contributed by atoms with van der Waals surface area (Å²) in [6.45, 7) is 11.8. The molecular formula is C32H39FN6O5. The fraction of sp³-hybridized carbons (Fsp3) is 0.406. The van der Waals surface area contributed by atoms with Crippen molar-refractivity contribution in [3.05, 3.63) is 70.7 Å². The average molecular weight is 607 g/mol. The number of fused-ring (bicyclic) bond motifs is 1. The number of aromatic nitrogens is 2. The molecule has 1 aliphatic rings. The highest BCUT2D eigenvalue weighted by Gasteiger charge is 2.29. The van der Waals surface area contributed by atoms with Gasteiger partial charge >= 0.3 is 12.1 Å². The second-order valence-corrected chi connectivity index (χ2v) is 11.8. The molecule has 12 heteroatoms. The average Bonchev–Trinajstić information content (AvgIpc) is 2.93. The van der Waals surface area contributed by atoms with Crippen LogP contribution in [0.25, 0.3) is 0 Å². The number of rotatable bonds is 9. The third-order valence-electron chi connectivity index (χ3n) is 7.26. The first kappa shape index (κ1) is 32.2. The number of primary amides is 1. The maximum Gasteiger partial charge on any atom is 0.408 e. The predicted molar refractivity (Wildman–Crippen MR) is 164 cm³/mol. The number of amides is 2. The molecule has 0 saturated heterocycles. The molecule has 0 aliphatic carbocycles. The molecule has 0 bridgehead atoms. The van der Waals surface area contributed by atoms with Crippen LogP contribution in [0, 0.1) is 19.7 Å². The molecule has 1 aliphatic heterocycles. The Balaban J connectivity index is 1.50. The summed E-state index contributed by atoms with van der Waals surface area (Å²) in [6.07, 6.45) is -0.277. The quantitative estimate of drug-likeness (QED) is 0.222. The van der Waals surface area contributed by atoms with Crippen LogP contribution in [0.5, 0.6) is 5.75 Å². The lowest BCUT2D eigenvalue weighted by Crippen LogP contribution is -2.45. The van der Waals surface area contributed by atoms with E-state index in [-0.39, 0.29) is 24.7 Å². The first-order valence-corrected chi connectivity index (χ1v) is 14.5. The van der Waals surface area contributed by atoms with E-state index < -0.39 is 29.6 Å². The van der Waals surface area contributed by atoms with Gasteiger partial charge in [-0.3, -0.25) is 4.79 Å². The lowest BCUT2D eigenvalue weighted by atomic mass is 9.93. The molecule has 2 amide bonds. The van der Waals surface area contributed by atoms with Gasteiger partial charge in [0, 0.05) is 29.9 Å². The molecule has 2 heterocycles. The number of nitrogens with zero attached hydrogens (tertiary/aromatic N) is 3. The molecule has 3 aromatic rings. The Morgan fingerprint density at radius 1 is 1.11 bits per heavy atom. The minimum absolute atomic E-state index is 0.0277. The number of hydrogen-bond acceptors (Lipinski definition) is 9. The van der Waals surface area contributed by atoms with E-state index >= 15 is 0 Å². The maximum atomic E-state index is 13.4. The van der Waals surface area contributed by atoms with Gasteiger partial charge in [0.05, 0.1) is 6.04 Å². The molecule has 0 saturated carbocycles. The van der Waals surface area contributed by atoms with E-state index in [1.165, 1.54) is 12.1 Å². The lowest BCUT2D eigenvalue weighted by molar-refractivity contribution is -0.137. The number of benzene rings is 2. The zero-order valence-corrected chi connectivity index (χ0v) is 25.9. The predicted octanol–water partition coefficient (Wildman–Crippen LogP) is 5.16. The summed E-state index contributed by atoms with van der Waals surface area (Å²) < 4.78 is 24.3. The number of ether oxygens (including phenoxy) is 2. The van der Waals surface area contributed by atoms with Crippen LogP contribution >= 0.6 is 0 Å². The Labute approximate surface area is 256 Å². The van der Waals surface area contributed by atoms with Crippen molar-refractivity contribution in [1.29, 1.82) is 0 Å². The summed E-state index contributed by atoms with van der Waals surface area (Å²) >= 11 is 0. The third-order valence-corrected chi connectivity index (χ3v) is 7.26. The number of alkyl carbamates (subject to hydrolysis) is 1. The van der Waals surface area contributed by atoms with E-state index in [4.69, 9.17) is 20.2 Å². The van der Waals surface area contributed by atoms with Crippen LogP contribution in [0.1, 0.15) is 69.0 Å². The van der Waals surface area contributed by atoms with Gasteiger partial charge in [0.15, 0.2) is 0 Å². The second-order valence-electron chi connectivity index (χ2n) is 11.8. The lowest BCUT2D eigenvalue weighted by Gasteiger charge is -2.37. The van der Waals surface area contributed by atoms with Crippen LogP contribution < -0.4 is 26.0 Å². The molecule has 2 unspecified atom stereocenters. The van der Waals surface area contributed by atoms with E-state index in [9.17, 15) is 18.8 Å². The Hall–Kier alpha value is -4.74. The first-order valence-electron chi connectivity index (χ1n) is 14.5. The van der Waals surface area contributed by atoms with Crippen molar-refractivity contribution < 1.29 is 28.2 Å². The summed E-state index contributed by atoms with van der Waals surface area (Å²) in [7, 11) is 0. The van der Waals surface area contributed by atoms with Gasteiger partial charge in [-0.2, -0.15) is 4.98 Å². The van der Waals surface area contributed by atoms with Crippen molar-refractivity contribution in [3.8, 4) is 5.75 Å². The number of nitrogens with one attached hydrogen (secondary N) is 2. The smallest absolute Gasteiger partial charge is 0.408 e. The van der Waals surface area contributed by atoms with Crippen molar-refractivity contribution in [2.45, 2.75) is 78.5 Å². The highest BCUT2D eigenvalue weighted by Crippen LogP contribution is 2.36. The molecule has 0 spiro atoms. The largest absolute Gasteiger partial charge is 0.444 e. The van der Waals surface area contributed by atoms with Crippen LogP contribution in [0.2, 0.25) is 0 Å². The summed E-state index contributed by atoms with van der Waals surface area (Å²) in [6, 6.07) is 10.3. The van der Waals surface area contributed by atoms with Crippen LogP contribution in [0.15, 0.2) is 42.5 Å². The summed E-state index contributed by atoms with van der Waals surface area (Å²) in [4.78, 5) is 48.3. The minimum Gasteiger partial charge on any atom is -0.444 e. The molecule has 44 heavy (non-hydrogen) atoms. The monoisotopic (exact) mass is 606 g/mol. The molecule has 1 aromatic heterocycles. The minimum atomic E-state index is -1.12. The molecular weight excluding hydrogens is 567 g/mol. The number of aryl methyl sites for hydroxylation is 1. The Kier molecular flexibility index (Phi) is 9.71. The van der Waals surface area contributed by atoms with E-state index in [0.29, 0.717) is 30.4 Å². The van der Waals surface area contributed by atoms with E-state index in [1.54, 1.807) is 39.0 Å². The highest BCUT2D eigenvalue weighted by atomic mass is 19.1. The maximum absolute atomic E-state index is 13.4. The number of halogens is 1. The number of carbonyl (C=O) groups excluding carboxylic acids is 3. The molecule has 0 radical (unpaired) electrons. The summed E-state index contributed by atoms with van der Waals surface area (Å²) in [5.41, 5.74) is 9.03. The number of hydrogen-bond donors (Lipinski definition) is 3. The van der Waals surface area contributed by atoms with Gasteiger partial charge in [0.25, 0.3) is 0 Å². The third kappa shape index (κ3) is 8.21. The van der Waals surface area contributed by atoms with Crippen molar-refractivity contribution >= 4 is 35.4 Å². The molecule has 4 rings (SSSR count). The van der Waals surface area contributed by atoms with Gasteiger partial charge < -0.3 is 30.7 Å². The van der Waals surface area contributed by atoms with Crippen molar-refractivity contribution in [3.63, 3.8) is 0 Å². The zero-order chi connectivity index (χ0) is 32.2. The Bertz CT molecular complexity index is 1540. The summed E-state index contributed by atoms with van der Waals surface area (Å²) in [5.74, 6) is -0.118. The SMILES string of the molecule is Cc1nc(Nc2ccc(F)cc2)nc(N2CCc3cc(OC(=O)C(CCC(N)=O)NC(=O)OC(C)(C)C)ccc3C2C)c1C. The van der Waals surface area contributed by atoms with Crippen molar-refractivity contribution in [2.24, 2.45) is 5.73 Å². The van der Waals surface area contributed by atoms with E-state index in [2.05, 4.69) is 27.4 Å².